The van der Waals surface area contributed by atoms with E-state index in [1.54, 1.807) is 6.20 Å². The summed E-state index contributed by atoms with van der Waals surface area (Å²) >= 11 is 0. The number of aryl methyl sites for hydroxylation is 2. The molecular formula is C9H13NO2. The highest BCUT2D eigenvalue weighted by atomic mass is 16.5. The topological polar surface area (TPSA) is 31.2 Å². The number of hydrogen-bond donors (Lipinski definition) is 0. The summed E-state index contributed by atoms with van der Waals surface area (Å²) in [6.45, 7) is 2.05. The van der Waals surface area contributed by atoms with Crippen LogP contribution in [-0.4, -0.2) is 17.6 Å². The third-order valence-electron chi connectivity index (χ3n) is 1.89. The Kier molecular flexibility index (Phi) is 2.53. The first-order chi connectivity index (χ1) is 5.69. The van der Waals surface area contributed by atoms with Crippen LogP contribution in [0.15, 0.2) is 12.3 Å². The van der Waals surface area contributed by atoms with E-state index >= 15 is 0 Å². The highest BCUT2D eigenvalue weighted by molar-refractivity contribution is 5.89. The molecule has 3 nitrogen and oxygen atoms in total. The molecule has 0 saturated carbocycles. The van der Waals surface area contributed by atoms with Gasteiger partial charge in [0.05, 0.1) is 12.7 Å². The minimum Gasteiger partial charge on any atom is -0.465 e. The van der Waals surface area contributed by atoms with Crippen molar-refractivity contribution in [3.63, 3.8) is 0 Å². The molecule has 0 spiro atoms. The van der Waals surface area contributed by atoms with E-state index in [-0.39, 0.29) is 5.97 Å². The van der Waals surface area contributed by atoms with Gasteiger partial charge < -0.3 is 9.30 Å². The van der Waals surface area contributed by atoms with Crippen LogP contribution in [0.2, 0.25) is 0 Å². The fourth-order valence-electron chi connectivity index (χ4n) is 1.19. The Labute approximate surface area is 72.0 Å². The molecule has 0 fully saturated rings. The largest absolute Gasteiger partial charge is 0.465 e. The maximum atomic E-state index is 11.1. The van der Waals surface area contributed by atoms with Crippen LogP contribution < -0.4 is 0 Å². The van der Waals surface area contributed by atoms with Crippen LogP contribution in [-0.2, 0) is 18.2 Å². The van der Waals surface area contributed by atoms with Crippen molar-refractivity contribution in [2.45, 2.75) is 13.3 Å². The molecule has 0 aliphatic heterocycles. The molecule has 0 aromatic carbocycles. The van der Waals surface area contributed by atoms with Gasteiger partial charge in [0.1, 0.15) is 0 Å². The first kappa shape index (κ1) is 8.84. The lowest BCUT2D eigenvalue weighted by atomic mass is 10.3. The molecule has 0 bridgehead atoms. The average Bonchev–Trinajstić information content (AvgIpc) is 2.45. The minimum atomic E-state index is -0.273. The Balaban J connectivity index is 2.96. The Morgan fingerprint density at radius 3 is 2.75 bits per heavy atom. The molecular weight excluding hydrogens is 154 g/mol. The molecule has 0 saturated heterocycles. The zero-order valence-corrected chi connectivity index (χ0v) is 7.63. The summed E-state index contributed by atoms with van der Waals surface area (Å²) in [5, 5.41) is 0. The van der Waals surface area contributed by atoms with Gasteiger partial charge in [-0.3, -0.25) is 0 Å². The molecule has 1 aromatic rings. The third-order valence-corrected chi connectivity index (χ3v) is 1.89. The lowest BCUT2D eigenvalue weighted by Crippen LogP contribution is -1.98. The summed E-state index contributed by atoms with van der Waals surface area (Å²) < 4.78 is 6.53. The number of nitrogens with zero attached hydrogens (tertiary/aromatic N) is 1. The minimum absolute atomic E-state index is 0.273. The standard InChI is InChI=1S/C9H13NO2/c1-4-8-5-7(6-10(8)2)9(11)12-3/h5-6H,4H2,1-3H3. The van der Waals surface area contributed by atoms with Crippen molar-refractivity contribution < 1.29 is 9.53 Å². The lowest BCUT2D eigenvalue weighted by molar-refractivity contribution is 0.0600. The van der Waals surface area contributed by atoms with Crippen molar-refractivity contribution in [3.8, 4) is 0 Å². The molecule has 0 aliphatic carbocycles. The van der Waals surface area contributed by atoms with Gasteiger partial charge in [-0.15, -0.1) is 0 Å². The summed E-state index contributed by atoms with van der Waals surface area (Å²) in [5.41, 5.74) is 1.76. The molecule has 0 N–H and O–H groups in total. The molecule has 66 valence electrons. The zero-order chi connectivity index (χ0) is 9.14. The van der Waals surface area contributed by atoms with E-state index in [0.29, 0.717) is 5.56 Å². The second-order valence-corrected chi connectivity index (χ2v) is 2.68. The second kappa shape index (κ2) is 3.43. The average molecular weight is 167 g/mol. The highest BCUT2D eigenvalue weighted by Gasteiger charge is 2.08. The van der Waals surface area contributed by atoms with Gasteiger partial charge in [0.2, 0.25) is 0 Å². The van der Waals surface area contributed by atoms with Crippen LogP contribution in [0.5, 0.6) is 0 Å². The molecule has 0 atom stereocenters. The fourth-order valence-corrected chi connectivity index (χ4v) is 1.19. The van der Waals surface area contributed by atoms with Crippen LogP contribution in [0.3, 0.4) is 0 Å². The van der Waals surface area contributed by atoms with Gasteiger partial charge in [0.25, 0.3) is 0 Å². The van der Waals surface area contributed by atoms with Crippen molar-refractivity contribution in [3.05, 3.63) is 23.5 Å². The summed E-state index contributed by atoms with van der Waals surface area (Å²) in [6.07, 6.45) is 2.71. The molecule has 0 unspecified atom stereocenters. The van der Waals surface area contributed by atoms with Crippen LogP contribution >= 0.6 is 0 Å². The van der Waals surface area contributed by atoms with E-state index in [0.717, 1.165) is 12.1 Å². The quantitative estimate of drug-likeness (QED) is 0.623. The predicted octanol–water partition coefficient (Wildman–Crippen LogP) is 1.37. The Hall–Kier alpha value is -1.25. The van der Waals surface area contributed by atoms with E-state index in [1.807, 2.05) is 17.7 Å². The van der Waals surface area contributed by atoms with Crippen molar-refractivity contribution in [2.24, 2.45) is 7.05 Å². The fraction of sp³-hybridized carbons (Fsp3) is 0.444. The van der Waals surface area contributed by atoms with Crippen LogP contribution in [0.25, 0.3) is 0 Å². The predicted molar refractivity (Wildman–Crippen MR) is 46.1 cm³/mol. The van der Waals surface area contributed by atoms with Gasteiger partial charge in [-0.05, 0) is 12.5 Å². The summed E-state index contributed by atoms with van der Waals surface area (Å²) in [7, 11) is 3.31. The zero-order valence-electron chi connectivity index (χ0n) is 7.63. The summed E-state index contributed by atoms with van der Waals surface area (Å²) in [6, 6.07) is 1.85. The lowest BCUT2D eigenvalue weighted by Gasteiger charge is -1.95. The number of carbonyl (C=O) groups excluding carboxylic acids is 1. The van der Waals surface area contributed by atoms with Gasteiger partial charge in [0.15, 0.2) is 0 Å². The van der Waals surface area contributed by atoms with Crippen molar-refractivity contribution in [1.29, 1.82) is 0 Å². The van der Waals surface area contributed by atoms with E-state index < -0.39 is 0 Å². The number of aromatic nitrogens is 1. The van der Waals surface area contributed by atoms with E-state index in [4.69, 9.17) is 0 Å². The smallest absolute Gasteiger partial charge is 0.339 e. The molecule has 0 amide bonds. The molecule has 12 heavy (non-hydrogen) atoms. The Bertz CT molecular complexity index is 289. The van der Waals surface area contributed by atoms with Crippen LogP contribution in [0.4, 0.5) is 0 Å². The van der Waals surface area contributed by atoms with Crippen LogP contribution in [0, 0.1) is 0 Å². The number of carbonyl (C=O) groups is 1. The summed E-state index contributed by atoms with van der Waals surface area (Å²) in [5.74, 6) is -0.273. The van der Waals surface area contributed by atoms with Crippen molar-refractivity contribution in [2.75, 3.05) is 7.11 Å². The van der Waals surface area contributed by atoms with E-state index in [1.165, 1.54) is 7.11 Å². The van der Waals surface area contributed by atoms with Gasteiger partial charge in [-0.2, -0.15) is 0 Å². The number of methoxy groups -OCH3 is 1. The van der Waals surface area contributed by atoms with Gasteiger partial charge in [-0.1, -0.05) is 6.92 Å². The number of ether oxygens (including phenoxy) is 1. The van der Waals surface area contributed by atoms with Gasteiger partial charge >= 0.3 is 5.97 Å². The van der Waals surface area contributed by atoms with E-state index in [9.17, 15) is 4.79 Å². The first-order valence-electron chi connectivity index (χ1n) is 3.92. The molecule has 0 radical (unpaired) electrons. The van der Waals surface area contributed by atoms with Gasteiger partial charge in [-0.25, -0.2) is 4.79 Å². The SMILES string of the molecule is CCc1cc(C(=O)OC)cn1C. The van der Waals surface area contributed by atoms with Crippen molar-refractivity contribution in [1.82, 2.24) is 4.57 Å². The molecule has 1 heterocycles. The van der Waals surface area contributed by atoms with Crippen molar-refractivity contribution >= 4 is 5.97 Å². The highest BCUT2D eigenvalue weighted by Crippen LogP contribution is 2.08. The van der Waals surface area contributed by atoms with E-state index in [2.05, 4.69) is 11.7 Å². The number of hydrogen-bond acceptors (Lipinski definition) is 2. The second-order valence-electron chi connectivity index (χ2n) is 2.68. The molecule has 3 heteroatoms. The number of esters is 1. The maximum absolute atomic E-state index is 11.1. The Morgan fingerprint density at radius 2 is 2.33 bits per heavy atom. The number of rotatable bonds is 2. The Morgan fingerprint density at radius 1 is 1.67 bits per heavy atom. The normalized spacial score (nSPS) is 9.92. The maximum Gasteiger partial charge on any atom is 0.339 e. The third kappa shape index (κ3) is 1.49. The first-order valence-corrected chi connectivity index (χ1v) is 3.92. The molecule has 1 rings (SSSR count). The van der Waals surface area contributed by atoms with Crippen LogP contribution in [0.1, 0.15) is 23.0 Å². The van der Waals surface area contributed by atoms with Gasteiger partial charge in [0, 0.05) is 18.9 Å². The monoisotopic (exact) mass is 167 g/mol. The molecule has 0 aliphatic rings. The molecule has 1 aromatic heterocycles. The summed E-state index contributed by atoms with van der Waals surface area (Å²) in [4.78, 5) is 11.1.